The van der Waals surface area contributed by atoms with Crippen molar-refractivity contribution in [3.63, 3.8) is 0 Å². The zero-order chi connectivity index (χ0) is 15.1. The van der Waals surface area contributed by atoms with Crippen molar-refractivity contribution in [3.8, 4) is 11.4 Å². The van der Waals surface area contributed by atoms with Gasteiger partial charge in [-0.15, -0.1) is 22.7 Å². The fourth-order valence-corrected chi connectivity index (χ4v) is 3.78. The van der Waals surface area contributed by atoms with Crippen LogP contribution in [0.5, 0.6) is 0 Å². The molecule has 0 unspecified atom stereocenters. The lowest BCUT2D eigenvalue weighted by atomic mass is 10.3. The van der Waals surface area contributed by atoms with Crippen LogP contribution in [0.2, 0.25) is 0 Å². The fraction of sp³-hybridized carbons (Fsp3) is 0.133. The van der Waals surface area contributed by atoms with E-state index in [2.05, 4.69) is 30.0 Å². The van der Waals surface area contributed by atoms with E-state index in [1.807, 2.05) is 43.8 Å². The topological polar surface area (TPSA) is 55.1 Å². The van der Waals surface area contributed by atoms with Crippen LogP contribution in [-0.4, -0.2) is 19.4 Å². The van der Waals surface area contributed by atoms with E-state index in [1.165, 1.54) is 0 Å². The van der Waals surface area contributed by atoms with Gasteiger partial charge >= 0.3 is 0 Å². The molecule has 4 heterocycles. The average molecular weight is 327 g/mol. The molecule has 22 heavy (non-hydrogen) atoms. The highest BCUT2D eigenvalue weighted by atomic mass is 32.1. The molecule has 0 saturated heterocycles. The number of aromatic nitrogens is 4. The second-order valence-corrected chi connectivity index (χ2v) is 6.68. The summed E-state index contributed by atoms with van der Waals surface area (Å²) in [5.41, 5.74) is 4.94. The third-order valence-corrected chi connectivity index (χ3v) is 4.86. The summed E-state index contributed by atoms with van der Waals surface area (Å²) in [4.78, 5) is 14.5. The van der Waals surface area contributed by atoms with E-state index in [-0.39, 0.29) is 0 Å². The number of imidazole rings is 1. The molecule has 0 aliphatic heterocycles. The van der Waals surface area contributed by atoms with Crippen LogP contribution in [0.1, 0.15) is 11.4 Å². The predicted molar refractivity (Wildman–Crippen MR) is 91.2 cm³/mol. The van der Waals surface area contributed by atoms with E-state index in [0.29, 0.717) is 0 Å². The lowest BCUT2D eigenvalue weighted by molar-refractivity contribution is 1.19. The van der Waals surface area contributed by atoms with E-state index in [9.17, 15) is 0 Å². The van der Waals surface area contributed by atoms with Crippen LogP contribution in [0.4, 0.5) is 10.8 Å². The van der Waals surface area contributed by atoms with Crippen molar-refractivity contribution in [2.45, 2.75) is 13.8 Å². The number of rotatable bonds is 3. The van der Waals surface area contributed by atoms with Gasteiger partial charge in [-0.2, -0.15) is 0 Å². The summed E-state index contributed by atoms with van der Waals surface area (Å²) >= 11 is 3.21. The summed E-state index contributed by atoms with van der Waals surface area (Å²) in [6.07, 6.45) is 3.85. The lowest BCUT2D eigenvalue weighted by Crippen LogP contribution is -1.92. The third-order valence-electron chi connectivity index (χ3n) is 3.35. The SMILES string of the molecule is Cc1ccc(Nc2nc(-c3c(C)nc4sccn34)cs2)cn1. The Morgan fingerprint density at radius 2 is 2.05 bits per heavy atom. The van der Waals surface area contributed by atoms with E-state index < -0.39 is 0 Å². The van der Waals surface area contributed by atoms with E-state index in [4.69, 9.17) is 0 Å². The zero-order valence-corrected chi connectivity index (χ0v) is 13.7. The molecule has 0 spiro atoms. The molecule has 0 saturated carbocycles. The molecule has 1 N–H and O–H groups in total. The average Bonchev–Trinajstić information content (AvgIpc) is 3.17. The molecular weight excluding hydrogens is 314 g/mol. The Labute approximate surface area is 135 Å². The van der Waals surface area contributed by atoms with Gasteiger partial charge in [0.2, 0.25) is 0 Å². The van der Waals surface area contributed by atoms with Crippen LogP contribution in [0.15, 0.2) is 35.3 Å². The van der Waals surface area contributed by atoms with Crippen LogP contribution in [0.25, 0.3) is 16.3 Å². The van der Waals surface area contributed by atoms with Crippen molar-refractivity contribution < 1.29 is 0 Å². The summed E-state index contributed by atoms with van der Waals surface area (Å²) < 4.78 is 2.09. The first-order valence-corrected chi connectivity index (χ1v) is 8.54. The first kappa shape index (κ1) is 13.4. The van der Waals surface area contributed by atoms with Gasteiger partial charge in [0.15, 0.2) is 10.1 Å². The molecule has 0 amide bonds. The highest BCUT2D eigenvalue weighted by Gasteiger charge is 2.14. The molecule has 4 rings (SSSR count). The minimum atomic E-state index is 0.852. The normalized spacial score (nSPS) is 11.2. The molecule has 0 bridgehead atoms. The largest absolute Gasteiger partial charge is 0.330 e. The molecule has 0 atom stereocenters. The Kier molecular flexibility index (Phi) is 3.16. The van der Waals surface area contributed by atoms with Crippen molar-refractivity contribution in [2.75, 3.05) is 5.32 Å². The molecule has 5 nitrogen and oxygen atoms in total. The number of fused-ring (bicyclic) bond motifs is 1. The van der Waals surface area contributed by atoms with Gasteiger partial charge in [-0.3, -0.25) is 9.38 Å². The Morgan fingerprint density at radius 3 is 2.86 bits per heavy atom. The standard InChI is InChI=1S/C15H13N5S2/c1-9-3-4-11(7-16-9)18-14-19-12(8-22-14)13-10(2)17-15-20(13)5-6-21-15/h3-8H,1-2H3,(H,18,19). The van der Waals surface area contributed by atoms with E-state index in [1.54, 1.807) is 22.7 Å². The summed E-state index contributed by atoms with van der Waals surface area (Å²) in [5.74, 6) is 0. The van der Waals surface area contributed by atoms with Gasteiger partial charge in [0.05, 0.1) is 23.3 Å². The number of aryl methyl sites for hydroxylation is 2. The minimum Gasteiger partial charge on any atom is -0.330 e. The summed E-state index contributed by atoms with van der Waals surface area (Å²) in [6.45, 7) is 3.99. The van der Waals surface area contributed by atoms with E-state index >= 15 is 0 Å². The van der Waals surface area contributed by atoms with Crippen LogP contribution >= 0.6 is 22.7 Å². The smallest absolute Gasteiger partial charge is 0.194 e. The van der Waals surface area contributed by atoms with Crippen molar-refractivity contribution in [2.24, 2.45) is 0 Å². The maximum atomic E-state index is 4.68. The van der Waals surface area contributed by atoms with Crippen LogP contribution in [-0.2, 0) is 0 Å². The van der Waals surface area contributed by atoms with Crippen LogP contribution in [0, 0.1) is 13.8 Å². The number of pyridine rings is 1. The number of hydrogen-bond acceptors (Lipinski definition) is 6. The van der Waals surface area contributed by atoms with Crippen LogP contribution in [0.3, 0.4) is 0 Å². The van der Waals surface area contributed by atoms with Crippen molar-refractivity contribution in [1.82, 2.24) is 19.4 Å². The molecule has 7 heteroatoms. The van der Waals surface area contributed by atoms with Gasteiger partial charge in [-0.1, -0.05) is 0 Å². The Balaban J connectivity index is 1.67. The molecular formula is C15H13N5S2. The number of nitrogens with one attached hydrogen (secondary N) is 1. The number of nitrogens with zero attached hydrogens (tertiary/aromatic N) is 4. The monoisotopic (exact) mass is 327 g/mol. The molecule has 0 aliphatic carbocycles. The second-order valence-electron chi connectivity index (χ2n) is 4.95. The van der Waals surface area contributed by atoms with Gasteiger partial charge in [-0.05, 0) is 26.0 Å². The number of anilines is 2. The first-order chi connectivity index (χ1) is 10.7. The lowest BCUT2D eigenvalue weighted by Gasteiger charge is -2.01. The maximum absolute atomic E-state index is 4.68. The molecule has 4 aromatic rings. The third kappa shape index (κ3) is 2.28. The van der Waals surface area contributed by atoms with Gasteiger partial charge in [0.1, 0.15) is 5.69 Å². The summed E-state index contributed by atoms with van der Waals surface area (Å²) in [5, 5.41) is 8.23. The predicted octanol–water partition coefficient (Wildman–Crippen LogP) is 4.27. The summed E-state index contributed by atoms with van der Waals surface area (Å²) in [7, 11) is 0. The maximum Gasteiger partial charge on any atom is 0.194 e. The Hall–Kier alpha value is -2.25. The first-order valence-electron chi connectivity index (χ1n) is 6.78. The Bertz CT molecular complexity index is 933. The minimum absolute atomic E-state index is 0.852. The van der Waals surface area contributed by atoms with Crippen molar-refractivity contribution in [3.05, 3.63) is 46.7 Å². The zero-order valence-electron chi connectivity index (χ0n) is 12.1. The van der Waals surface area contributed by atoms with E-state index in [0.717, 1.165) is 38.6 Å². The number of hydrogen-bond donors (Lipinski definition) is 1. The number of thiazole rings is 2. The van der Waals surface area contributed by atoms with Crippen molar-refractivity contribution in [1.29, 1.82) is 0 Å². The highest BCUT2D eigenvalue weighted by molar-refractivity contribution is 7.15. The molecule has 0 aliphatic rings. The second kappa shape index (κ2) is 5.19. The van der Waals surface area contributed by atoms with Gasteiger partial charge < -0.3 is 5.32 Å². The molecule has 4 aromatic heterocycles. The quantitative estimate of drug-likeness (QED) is 0.610. The molecule has 0 fully saturated rings. The highest BCUT2D eigenvalue weighted by Crippen LogP contribution is 2.30. The Morgan fingerprint density at radius 1 is 1.14 bits per heavy atom. The fourth-order valence-electron chi connectivity index (χ4n) is 2.31. The van der Waals surface area contributed by atoms with Gasteiger partial charge in [0.25, 0.3) is 0 Å². The summed E-state index contributed by atoms with van der Waals surface area (Å²) in [6, 6.07) is 3.98. The van der Waals surface area contributed by atoms with Gasteiger partial charge in [0, 0.05) is 22.7 Å². The van der Waals surface area contributed by atoms with Gasteiger partial charge in [-0.25, -0.2) is 9.97 Å². The molecule has 110 valence electrons. The van der Waals surface area contributed by atoms with Crippen molar-refractivity contribution >= 4 is 38.5 Å². The molecule has 0 radical (unpaired) electrons. The molecule has 0 aromatic carbocycles. The van der Waals surface area contributed by atoms with Crippen LogP contribution < -0.4 is 5.32 Å².